The summed E-state index contributed by atoms with van der Waals surface area (Å²) in [4.78, 5) is 0. The summed E-state index contributed by atoms with van der Waals surface area (Å²) in [5.74, 6) is 0. The highest BCUT2D eigenvalue weighted by Gasteiger charge is 2.48. The molecule has 2 heterocycles. The first-order chi connectivity index (χ1) is 6.74. The second-order valence-electron chi connectivity index (χ2n) is 4.64. The van der Waals surface area contributed by atoms with E-state index in [9.17, 15) is 5.11 Å². The van der Waals surface area contributed by atoms with Gasteiger partial charge in [-0.3, -0.25) is 0 Å². The lowest BCUT2D eigenvalue weighted by Gasteiger charge is -2.36. The Morgan fingerprint density at radius 2 is 2.14 bits per heavy atom. The van der Waals surface area contributed by atoms with Crippen LogP contribution < -0.4 is 0 Å². The smallest absolute Gasteiger partial charge is 0.0925 e. The maximum atomic E-state index is 9.36. The predicted molar refractivity (Wildman–Crippen MR) is 53.2 cm³/mol. The minimum absolute atomic E-state index is 0.0724. The van der Waals surface area contributed by atoms with Crippen molar-refractivity contribution in [1.29, 1.82) is 0 Å². The molecule has 0 saturated carbocycles. The summed E-state index contributed by atoms with van der Waals surface area (Å²) in [5, 5.41) is 9.36. The van der Waals surface area contributed by atoms with Crippen molar-refractivity contribution in [1.82, 2.24) is 0 Å². The van der Waals surface area contributed by atoms with Gasteiger partial charge in [-0.2, -0.15) is 0 Å². The van der Waals surface area contributed by atoms with Gasteiger partial charge < -0.3 is 14.6 Å². The van der Waals surface area contributed by atoms with E-state index in [0.717, 1.165) is 45.3 Å². The Hall–Kier alpha value is -0.120. The minimum atomic E-state index is -0.277. The van der Waals surface area contributed by atoms with Crippen molar-refractivity contribution in [3.8, 4) is 0 Å². The normalized spacial score (nSPS) is 43.3. The highest BCUT2D eigenvalue weighted by Crippen LogP contribution is 2.43. The molecule has 2 unspecified atom stereocenters. The standard InChI is InChI=1S/C11H20O3/c1-2-10(8-12)5-6-11(14-10)4-3-7-13-9-11/h12H,2-9H2,1H3. The van der Waals surface area contributed by atoms with Gasteiger partial charge >= 0.3 is 0 Å². The number of hydrogen-bond donors (Lipinski definition) is 1. The molecule has 3 heteroatoms. The fourth-order valence-electron chi connectivity index (χ4n) is 2.59. The van der Waals surface area contributed by atoms with E-state index >= 15 is 0 Å². The summed E-state index contributed by atoms with van der Waals surface area (Å²) in [5.41, 5.74) is -0.350. The summed E-state index contributed by atoms with van der Waals surface area (Å²) in [6.45, 7) is 3.81. The van der Waals surface area contributed by atoms with Crippen LogP contribution in [0.4, 0.5) is 0 Å². The van der Waals surface area contributed by atoms with Crippen LogP contribution in [0.1, 0.15) is 39.0 Å². The Labute approximate surface area is 85.4 Å². The fraction of sp³-hybridized carbons (Fsp3) is 1.00. The SMILES string of the molecule is CCC1(CO)CCC2(CCCOC2)O1. The minimum Gasteiger partial charge on any atom is -0.393 e. The number of rotatable bonds is 2. The molecule has 82 valence electrons. The number of aliphatic hydroxyl groups is 1. The average molecular weight is 200 g/mol. The Bertz CT molecular complexity index is 193. The van der Waals surface area contributed by atoms with Crippen molar-refractivity contribution in [3.05, 3.63) is 0 Å². The second-order valence-corrected chi connectivity index (χ2v) is 4.64. The number of hydrogen-bond acceptors (Lipinski definition) is 3. The van der Waals surface area contributed by atoms with Gasteiger partial charge in [0.05, 0.1) is 24.4 Å². The van der Waals surface area contributed by atoms with E-state index in [4.69, 9.17) is 9.47 Å². The molecule has 14 heavy (non-hydrogen) atoms. The van der Waals surface area contributed by atoms with Crippen molar-refractivity contribution in [2.75, 3.05) is 19.8 Å². The molecule has 2 aliphatic rings. The van der Waals surface area contributed by atoms with Crippen molar-refractivity contribution in [2.24, 2.45) is 0 Å². The fourth-order valence-corrected chi connectivity index (χ4v) is 2.59. The third-order valence-corrected chi connectivity index (χ3v) is 3.69. The van der Waals surface area contributed by atoms with Crippen molar-refractivity contribution >= 4 is 0 Å². The predicted octanol–water partition coefficient (Wildman–Crippen LogP) is 1.49. The van der Waals surface area contributed by atoms with Gasteiger partial charge in [0, 0.05) is 6.61 Å². The summed E-state index contributed by atoms with van der Waals surface area (Å²) in [6, 6.07) is 0. The number of aliphatic hydroxyl groups excluding tert-OH is 1. The Kier molecular flexibility index (Phi) is 2.82. The first-order valence-electron chi connectivity index (χ1n) is 5.63. The van der Waals surface area contributed by atoms with E-state index in [1.54, 1.807) is 0 Å². The highest BCUT2D eigenvalue weighted by atomic mass is 16.6. The van der Waals surface area contributed by atoms with Crippen LogP contribution in [0, 0.1) is 0 Å². The van der Waals surface area contributed by atoms with Crippen LogP contribution >= 0.6 is 0 Å². The van der Waals surface area contributed by atoms with Crippen molar-refractivity contribution in [3.63, 3.8) is 0 Å². The van der Waals surface area contributed by atoms with E-state index < -0.39 is 0 Å². The lowest BCUT2D eigenvalue weighted by atomic mass is 9.91. The molecular formula is C11H20O3. The molecule has 0 aromatic rings. The van der Waals surface area contributed by atoms with Gasteiger partial charge in [-0.25, -0.2) is 0 Å². The Morgan fingerprint density at radius 3 is 2.64 bits per heavy atom. The second kappa shape index (κ2) is 3.80. The molecular weight excluding hydrogens is 180 g/mol. The Morgan fingerprint density at radius 1 is 1.29 bits per heavy atom. The van der Waals surface area contributed by atoms with Crippen LogP contribution in [-0.2, 0) is 9.47 Å². The first kappa shape index (κ1) is 10.4. The topological polar surface area (TPSA) is 38.7 Å². The lowest BCUT2D eigenvalue weighted by molar-refractivity contribution is -0.170. The van der Waals surface area contributed by atoms with Crippen LogP contribution in [0.15, 0.2) is 0 Å². The lowest BCUT2D eigenvalue weighted by Crippen LogP contribution is -2.43. The Balaban J connectivity index is 2.04. The van der Waals surface area contributed by atoms with Gasteiger partial charge in [-0.1, -0.05) is 6.92 Å². The molecule has 1 N–H and O–H groups in total. The molecule has 0 radical (unpaired) electrons. The molecule has 0 aromatic carbocycles. The van der Waals surface area contributed by atoms with Crippen LogP contribution in [0.3, 0.4) is 0 Å². The van der Waals surface area contributed by atoms with E-state index in [-0.39, 0.29) is 17.8 Å². The third-order valence-electron chi connectivity index (χ3n) is 3.69. The van der Waals surface area contributed by atoms with Crippen molar-refractivity contribution < 1.29 is 14.6 Å². The molecule has 0 bridgehead atoms. The maximum absolute atomic E-state index is 9.36. The van der Waals surface area contributed by atoms with Gasteiger partial charge in [0.15, 0.2) is 0 Å². The zero-order valence-electron chi connectivity index (χ0n) is 8.92. The molecule has 2 atom stereocenters. The van der Waals surface area contributed by atoms with Gasteiger partial charge in [0.25, 0.3) is 0 Å². The largest absolute Gasteiger partial charge is 0.393 e. The zero-order chi connectivity index (χ0) is 10.1. The summed E-state index contributed by atoms with van der Waals surface area (Å²) in [6.07, 6.45) is 5.09. The molecule has 1 spiro atoms. The van der Waals surface area contributed by atoms with E-state index in [2.05, 4.69) is 6.92 Å². The van der Waals surface area contributed by atoms with Crippen LogP contribution in [0.2, 0.25) is 0 Å². The summed E-state index contributed by atoms with van der Waals surface area (Å²) < 4.78 is 11.6. The first-order valence-corrected chi connectivity index (χ1v) is 5.63. The third kappa shape index (κ3) is 1.69. The van der Waals surface area contributed by atoms with Gasteiger partial charge in [0.2, 0.25) is 0 Å². The van der Waals surface area contributed by atoms with Crippen LogP contribution in [-0.4, -0.2) is 36.1 Å². The summed E-state index contributed by atoms with van der Waals surface area (Å²) >= 11 is 0. The molecule has 0 aliphatic carbocycles. The molecule has 2 aliphatic heterocycles. The average Bonchev–Trinajstić information content (AvgIpc) is 2.60. The quantitative estimate of drug-likeness (QED) is 0.734. The van der Waals surface area contributed by atoms with E-state index in [1.165, 1.54) is 0 Å². The molecule has 0 amide bonds. The highest BCUT2D eigenvalue weighted by molar-refractivity contribution is 4.97. The monoisotopic (exact) mass is 200 g/mol. The van der Waals surface area contributed by atoms with E-state index in [0.29, 0.717) is 0 Å². The maximum Gasteiger partial charge on any atom is 0.0925 e. The molecule has 2 saturated heterocycles. The van der Waals surface area contributed by atoms with E-state index in [1.807, 2.05) is 0 Å². The number of ether oxygens (including phenoxy) is 2. The zero-order valence-corrected chi connectivity index (χ0v) is 8.92. The molecule has 2 rings (SSSR count). The van der Waals surface area contributed by atoms with Gasteiger partial charge in [-0.05, 0) is 32.1 Å². The van der Waals surface area contributed by atoms with Crippen molar-refractivity contribution in [2.45, 2.75) is 50.2 Å². The molecule has 3 nitrogen and oxygen atoms in total. The molecule has 0 aromatic heterocycles. The summed E-state index contributed by atoms with van der Waals surface area (Å²) in [7, 11) is 0. The molecule has 2 fully saturated rings. The van der Waals surface area contributed by atoms with Gasteiger partial charge in [0.1, 0.15) is 0 Å². The van der Waals surface area contributed by atoms with Crippen LogP contribution in [0.25, 0.3) is 0 Å². The van der Waals surface area contributed by atoms with Crippen LogP contribution in [0.5, 0.6) is 0 Å². The van der Waals surface area contributed by atoms with Gasteiger partial charge in [-0.15, -0.1) is 0 Å².